The molecule has 1 aromatic rings. The summed E-state index contributed by atoms with van der Waals surface area (Å²) in [6.45, 7) is 0. The Labute approximate surface area is 122 Å². The molecule has 1 saturated carbocycles. The van der Waals surface area contributed by atoms with E-state index in [4.69, 9.17) is 10.5 Å². The number of hydrogen-bond donors (Lipinski definition) is 1. The molecule has 18 heavy (non-hydrogen) atoms. The summed E-state index contributed by atoms with van der Waals surface area (Å²) in [6.07, 6.45) is 7.74. The molecule has 0 aliphatic heterocycles. The van der Waals surface area contributed by atoms with Gasteiger partial charge in [0.2, 0.25) is 0 Å². The molecule has 0 amide bonds. The summed E-state index contributed by atoms with van der Waals surface area (Å²) >= 11 is 5.27. The van der Waals surface area contributed by atoms with Gasteiger partial charge in [-0.1, -0.05) is 19.3 Å². The van der Waals surface area contributed by atoms with Gasteiger partial charge in [0.25, 0.3) is 0 Å². The second-order valence-electron chi connectivity index (χ2n) is 5.17. The van der Waals surface area contributed by atoms with E-state index in [1.54, 1.807) is 11.3 Å². The lowest BCUT2D eigenvalue weighted by Crippen LogP contribution is -2.43. The Bertz CT molecular complexity index is 362. The van der Waals surface area contributed by atoms with Crippen molar-refractivity contribution in [3.63, 3.8) is 0 Å². The second kappa shape index (κ2) is 7.04. The number of methoxy groups -OCH3 is 1. The van der Waals surface area contributed by atoms with Crippen LogP contribution in [0.25, 0.3) is 0 Å². The van der Waals surface area contributed by atoms with Gasteiger partial charge in [0.05, 0.1) is 9.89 Å². The van der Waals surface area contributed by atoms with Crippen molar-refractivity contribution in [1.29, 1.82) is 0 Å². The molecule has 1 fully saturated rings. The van der Waals surface area contributed by atoms with E-state index >= 15 is 0 Å². The first-order chi connectivity index (χ1) is 8.70. The van der Waals surface area contributed by atoms with Gasteiger partial charge in [0.15, 0.2) is 0 Å². The standard InChI is InChI=1S/C14H22BrNOS/c1-17-14(10-5-3-2-4-6-10)12(16)9-11-7-8-13(15)18-11/h7-8,10,12,14H,2-6,9,16H2,1H3. The van der Waals surface area contributed by atoms with Crippen LogP contribution in [0.15, 0.2) is 15.9 Å². The lowest BCUT2D eigenvalue weighted by molar-refractivity contribution is 0.0180. The Kier molecular flexibility index (Phi) is 5.67. The molecule has 2 N–H and O–H groups in total. The molecule has 0 saturated heterocycles. The third-order valence-corrected chi connectivity index (χ3v) is 5.52. The highest BCUT2D eigenvalue weighted by atomic mass is 79.9. The monoisotopic (exact) mass is 331 g/mol. The predicted octanol–water partition coefficient (Wildman–Crippen LogP) is 3.98. The van der Waals surface area contributed by atoms with E-state index in [9.17, 15) is 0 Å². The van der Waals surface area contributed by atoms with Gasteiger partial charge in [-0.3, -0.25) is 0 Å². The van der Waals surface area contributed by atoms with Crippen molar-refractivity contribution in [2.24, 2.45) is 11.7 Å². The zero-order valence-corrected chi connectivity index (χ0v) is 13.3. The molecule has 0 radical (unpaired) electrons. The van der Waals surface area contributed by atoms with Crippen molar-refractivity contribution in [3.05, 3.63) is 20.8 Å². The van der Waals surface area contributed by atoms with Gasteiger partial charge in [0, 0.05) is 18.0 Å². The number of hydrogen-bond acceptors (Lipinski definition) is 3. The summed E-state index contributed by atoms with van der Waals surface area (Å²) in [6, 6.07) is 4.36. The predicted molar refractivity (Wildman–Crippen MR) is 81.1 cm³/mol. The van der Waals surface area contributed by atoms with Gasteiger partial charge < -0.3 is 10.5 Å². The van der Waals surface area contributed by atoms with Crippen LogP contribution in [-0.4, -0.2) is 19.3 Å². The molecule has 1 aromatic heterocycles. The van der Waals surface area contributed by atoms with Gasteiger partial charge in [-0.2, -0.15) is 0 Å². The first kappa shape index (κ1) is 14.5. The molecule has 0 bridgehead atoms. The molecule has 1 heterocycles. The van der Waals surface area contributed by atoms with Crippen molar-refractivity contribution < 1.29 is 4.74 Å². The summed E-state index contributed by atoms with van der Waals surface area (Å²) in [4.78, 5) is 1.34. The molecular formula is C14H22BrNOS. The van der Waals surface area contributed by atoms with Crippen molar-refractivity contribution in [2.45, 2.75) is 50.7 Å². The van der Waals surface area contributed by atoms with Crippen LogP contribution in [0.5, 0.6) is 0 Å². The number of thiophene rings is 1. The minimum atomic E-state index is 0.114. The lowest BCUT2D eigenvalue weighted by atomic mass is 9.82. The third-order valence-electron chi connectivity index (χ3n) is 3.87. The molecule has 2 atom stereocenters. The Morgan fingerprint density at radius 2 is 2.11 bits per heavy atom. The molecule has 2 nitrogen and oxygen atoms in total. The average Bonchev–Trinajstić information content (AvgIpc) is 2.77. The Morgan fingerprint density at radius 3 is 2.67 bits per heavy atom. The summed E-state index contributed by atoms with van der Waals surface area (Å²) in [5, 5.41) is 0. The van der Waals surface area contributed by atoms with E-state index in [1.807, 2.05) is 7.11 Å². The van der Waals surface area contributed by atoms with E-state index in [-0.39, 0.29) is 12.1 Å². The van der Waals surface area contributed by atoms with E-state index in [0.29, 0.717) is 5.92 Å². The highest BCUT2D eigenvalue weighted by molar-refractivity contribution is 9.11. The molecule has 2 rings (SSSR count). The minimum absolute atomic E-state index is 0.114. The molecular weight excluding hydrogens is 310 g/mol. The smallest absolute Gasteiger partial charge is 0.0753 e. The summed E-state index contributed by atoms with van der Waals surface area (Å²) in [5.74, 6) is 0.655. The van der Waals surface area contributed by atoms with Crippen LogP contribution in [0.2, 0.25) is 0 Å². The number of nitrogens with two attached hydrogens (primary N) is 1. The van der Waals surface area contributed by atoms with Crippen LogP contribution in [0.4, 0.5) is 0 Å². The third kappa shape index (κ3) is 3.80. The lowest BCUT2D eigenvalue weighted by Gasteiger charge is -2.33. The highest BCUT2D eigenvalue weighted by Gasteiger charge is 2.28. The summed E-state index contributed by atoms with van der Waals surface area (Å²) in [5.41, 5.74) is 6.37. The average molecular weight is 332 g/mol. The maximum absolute atomic E-state index is 6.37. The Balaban J connectivity index is 1.93. The molecule has 0 aromatic carbocycles. The van der Waals surface area contributed by atoms with Gasteiger partial charge in [0.1, 0.15) is 0 Å². The topological polar surface area (TPSA) is 35.2 Å². The maximum atomic E-state index is 6.37. The van der Waals surface area contributed by atoms with E-state index < -0.39 is 0 Å². The van der Waals surface area contributed by atoms with Crippen molar-refractivity contribution in [1.82, 2.24) is 0 Å². The second-order valence-corrected chi connectivity index (χ2v) is 7.72. The van der Waals surface area contributed by atoms with Crippen LogP contribution in [-0.2, 0) is 11.2 Å². The molecule has 102 valence electrons. The fraction of sp³-hybridized carbons (Fsp3) is 0.714. The molecule has 4 heteroatoms. The molecule has 0 spiro atoms. The quantitative estimate of drug-likeness (QED) is 0.885. The Morgan fingerprint density at radius 1 is 1.39 bits per heavy atom. The van der Waals surface area contributed by atoms with Gasteiger partial charge in [-0.05, 0) is 53.2 Å². The highest BCUT2D eigenvalue weighted by Crippen LogP contribution is 2.30. The number of ether oxygens (including phenoxy) is 1. The van der Waals surface area contributed by atoms with Gasteiger partial charge in [-0.25, -0.2) is 0 Å². The van der Waals surface area contributed by atoms with Crippen LogP contribution in [0, 0.1) is 5.92 Å². The first-order valence-corrected chi connectivity index (χ1v) is 8.34. The number of halogens is 1. The zero-order valence-electron chi connectivity index (χ0n) is 10.9. The largest absolute Gasteiger partial charge is 0.380 e. The minimum Gasteiger partial charge on any atom is -0.380 e. The van der Waals surface area contributed by atoms with Crippen LogP contribution >= 0.6 is 27.3 Å². The summed E-state index contributed by atoms with van der Waals surface area (Å²) in [7, 11) is 1.81. The Hall–Kier alpha value is 0.1000. The maximum Gasteiger partial charge on any atom is 0.0753 e. The first-order valence-electron chi connectivity index (χ1n) is 6.73. The van der Waals surface area contributed by atoms with E-state index in [0.717, 1.165) is 6.42 Å². The normalized spacial score (nSPS) is 20.8. The number of rotatable bonds is 5. The SMILES string of the molecule is COC(C(N)Cc1ccc(Br)s1)C1CCCCC1. The molecule has 1 aliphatic rings. The van der Waals surface area contributed by atoms with Crippen LogP contribution < -0.4 is 5.73 Å². The van der Waals surface area contributed by atoms with Crippen LogP contribution in [0.3, 0.4) is 0 Å². The van der Waals surface area contributed by atoms with E-state index in [1.165, 1.54) is 40.8 Å². The fourth-order valence-electron chi connectivity index (χ4n) is 2.99. The molecule has 2 unspecified atom stereocenters. The van der Waals surface area contributed by atoms with Gasteiger partial charge in [-0.15, -0.1) is 11.3 Å². The van der Waals surface area contributed by atoms with E-state index in [2.05, 4.69) is 28.1 Å². The van der Waals surface area contributed by atoms with Crippen molar-refractivity contribution in [2.75, 3.05) is 7.11 Å². The summed E-state index contributed by atoms with van der Waals surface area (Å²) < 4.78 is 6.88. The fourth-order valence-corrected chi connectivity index (χ4v) is 4.54. The van der Waals surface area contributed by atoms with Crippen molar-refractivity contribution >= 4 is 27.3 Å². The van der Waals surface area contributed by atoms with Crippen LogP contribution in [0.1, 0.15) is 37.0 Å². The zero-order chi connectivity index (χ0) is 13.0. The molecule has 1 aliphatic carbocycles. The van der Waals surface area contributed by atoms with Gasteiger partial charge >= 0.3 is 0 Å². The van der Waals surface area contributed by atoms with Crippen molar-refractivity contribution in [3.8, 4) is 0 Å².